The first kappa shape index (κ1) is 18.1. The number of hydrogen-bond acceptors (Lipinski definition) is 7. The quantitative estimate of drug-likeness (QED) is 0.488. The monoisotopic (exact) mass is 367 g/mol. The van der Waals surface area contributed by atoms with E-state index in [-0.39, 0.29) is 6.61 Å². The Bertz CT molecular complexity index is 1010. The normalized spacial score (nSPS) is 10.3. The second kappa shape index (κ2) is 7.70. The van der Waals surface area contributed by atoms with Crippen molar-refractivity contribution in [2.45, 2.75) is 0 Å². The van der Waals surface area contributed by atoms with Crippen molar-refractivity contribution in [1.29, 1.82) is 0 Å². The van der Waals surface area contributed by atoms with E-state index in [4.69, 9.17) is 29.8 Å². The number of esters is 1. The number of rotatable bonds is 6. The van der Waals surface area contributed by atoms with Gasteiger partial charge >= 0.3 is 5.97 Å². The summed E-state index contributed by atoms with van der Waals surface area (Å²) in [7, 11) is 4.59. The van der Waals surface area contributed by atoms with Crippen LogP contribution in [0.2, 0.25) is 0 Å². The van der Waals surface area contributed by atoms with E-state index < -0.39 is 5.97 Å². The van der Waals surface area contributed by atoms with Crippen LogP contribution in [0.4, 0.5) is 0 Å². The standard InChI is InChI=1S/C20H17NO6/c1-5-8-26-20(22)12-6-7-15-14(9-12)21-19(27-15)13-10-16(23-2)18(25-4)17(11-13)24-3/h1,6-7,9-11H,8H2,2-4H3. The van der Waals surface area contributed by atoms with Gasteiger partial charge < -0.3 is 23.4 Å². The molecule has 3 aromatic rings. The van der Waals surface area contributed by atoms with Crippen molar-refractivity contribution in [3.05, 3.63) is 35.9 Å². The fraction of sp³-hybridized carbons (Fsp3) is 0.200. The molecule has 0 aliphatic heterocycles. The summed E-state index contributed by atoms with van der Waals surface area (Å²) in [5, 5.41) is 0. The number of ether oxygens (including phenoxy) is 4. The summed E-state index contributed by atoms with van der Waals surface area (Å²) in [6, 6.07) is 8.28. The number of aromatic nitrogens is 1. The second-order valence-electron chi connectivity index (χ2n) is 5.40. The van der Waals surface area contributed by atoms with Crippen molar-refractivity contribution in [2.75, 3.05) is 27.9 Å². The van der Waals surface area contributed by atoms with Gasteiger partial charge in [0, 0.05) is 5.56 Å². The van der Waals surface area contributed by atoms with E-state index in [9.17, 15) is 4.79 Å². The first-order chi connectivity index (χ1) is 13.1. The third-order valence-corrected chi connectivity index (χ3v) is 3.82. The van der Waals surface area contributed by atoms with Gasteiger partial charge in [0.1, 0.15) is 5.52 Å². The predicted octanol–water partition coefficient (Wildman–Crippen LogP) is 3.31. The Kier molecular flexibility index (Phi) is 5.18. The minimum atomic E-state index is -0.521. The largest absolute Gasteiger partial charge is 0.493 e. The molecule has 0 bridgehead atoms. The lowest BCUT2D eigenvalue weighted by atomic mass is 10.2. The Hall–Kier alpha value is -3.66. The summed E-state index contributed by atoms with van der Waals surface area (Å²) in [6.07, 6.45) is 5.10. The molecule has 2 aromatic carbocycles. The van der Waals surface area contributed by atoms with E-state index in [0.717, 1.165) is 0 Å². The maximum Gasteiger partial charge on any atom is 0.339 e. The van der Waals surface area contributed by atoms with E-state index in [2.05, 4.69) is 10.9 Å². The van der Waals surface area contributed by atoms with Crippen LogP contribution >= 0.6 is 0 Å². The number of nitrogens with zero attached hydrogens (tertiary/aromatic N) is 1. The van der Waals surface area contributed by atoms with Gasteiger partial charge in [0.2, 0.25) is 11.6 Å². The number of carbonyl (C=O) groups is 1. The topological polar surface area (TPSA) is 80.0 Å². The van der Waals surface area contributed by atoms with E-state index in [1.54, 1.807) is 30.3 Å². The molecule has 0 amide bonds. The number of methoxy groups -OCH3 is 3. The zero-order valence-electron chi connectivity index (χ0n) is 15.1. The molecule has 1 heterocycles. The van der Waals surface area contributed by atoms with Crippen molar-refractivity contribution >= 4 is 17.1 Å². The van der Waals surface area contributed by atoms with Crippen molar-refractivity contribution in [3.63, 3.8) is 0 Å². The summed E-state index contributed by atoms with van der Waals surface area (Å²) in [5.41, 5.74) is 2.00. The first-order valence-electron chi connectivity index (χ1n) is 7.92. The summed E-state index contributed by atoms with van der Waals surface area (Å²) < 4.78 is 26.7. The smallest absolute Gasteiger partial charge is 0.339 e. The van der Waals surface area contributed by atoms with Crippen LogP contribution in [0.1, 0.15) is 10.4 Å². The number of benzene rings is 2. The van der Waals surface area contributed by atoms with Crippen LogP contribution in [-0.4, -0.2) is 38.9 Å². The van der Waals surface area contributed by atoms with Crippen molar-refractivity contribution in [1.82, 2.24) is 4.98 Å². The molecule has 0 unspecified atom stereocenters. The number of hydrogen-bond donors (Lipinski definition) is 0. The fourth-order valence-corrected chi connectivity index (χ4v) is 2.57. The first-order valence-corrected chi connectivity index (χ1v) is 7.92. The molecule has 3 rings (SSSR count). The maximum absolute atomic E-state index is 11.9. The third kappa shape index (κ3) is 3.51. The van der Waals surface area contributed by atoms with Gasteiger partial charge in [-0.3, -0.25) is 0 Å². The fourth-order valence-electron chi connectivity index (χ4n) is 2.57. The van der Waals surface area contributed by atoms with Crippen LogP contribution in [0, 0.1) is 12.3 Å². The Morgan fingerprint density at radius 1 is 1.11 bits per heavy atom. The van der Waals surface area contributed by atoms with Crippen molar-refractivity contribution in [2.24, 2.45) is 0 Å². The van der Waals surface area contributed by atoms with Gasteiger partial charge in [-0.15, -0.1) is 6.42 Å². The van der Waals surface area contributed by atoms with Gasteiger partial charge in [-0.1, -0.05) is 5.92 Å². The van der Waals surface area contributed by atoms with E-state index >= 15 is 0 Å². The molecule has 0 radical (unpaired) electrons. The third-order valence-electron chi connectivity index (χ3n) is 3.82. The summed E-state index contributed by atoms with van der Waals surface area (Å²) in [5.74, 6) is 3.50. The molecule has 0 fully saturated rings. The molecule has 0 spiro atoms. The van der Waals surface area contributed by atoms with Gasteiger partial charge in [-0.05, 0) is 30.3 Å². The molecular weight excluding hydrogens is 350 g/mol. The number of terminal acetylenes is 1. The zero-order valence-corrected chi connectivity index (χ0v) is 15.1. The van der Waals surface area contributed by atoms with Crippen LogP contribution in [0.25, 0.3) is 22.6 Å². The molecule has 0 aliphatic carbocycles. The average molecular weight is 367 g/mol. The minimum absolute atomic E-state index is 0.0909. The highest BCUT2D eigenvalue weighted by molar-refractivity contribution is 5.93. The van der Waals surface area contributed by atoms with Gasteiger partial charge in [-0.2, -0.15) is 0 Å². The van der Waals surface area contributed by atoms with Gasteiger partial charge in [0.15, 0.2) is 23.7 Å². The Morgan fingerprint density at radius 2 is 1.81 bits per heavy atom. The van der Waals surface area contributed by atoms with Gasteiger partial charge in [-0.25, -0.2) is 9.78 Å². The highest BCUT2D eigenvalue weighted by Crippen LogP contribution is 2.41. The molecule has 27 heavy (non-hydrogen) atoms. The maximum atomic E-state index is 11.9. The second-order valence-corrected chi connectivity index (χ2v) is 5.40. The van der Waals surface area contributed by atoms with Gasteiger partial charge in [0.25, 0.3) is 0 Å². The lowest BCUT2D eigenvalue weighted by molar-refractivity contribution is 0.0557. The molecule has 138 valence electrons. The minimum Gasteiger partial charge on any atom is -0.493 e. The van der Waals surface area contributed by atoms with Crippen LogP contribution in [0.3, 0.4) is 0 Å². The molecule has 0 saturated carbocycles. The number of oxazole rings is 1. The molecule has 1 aromatic heterocycles. The van der Waals surface area contributed by atoms with Crippen molar-refractivity contribution < 1.29 is 28.2 Å². The molecule has 0 saturated heterocycles. The van der Waals surface area contributed by atoms with Crippen LogP contribution in [-0.2, 0) is 4.74 Å². The molecule has 0 N–H and O–H groups in total. The molecule has 7 nitrogen and oxygen atoms in total. The number of carbonyl (C=O) groups excluding carboxylic acids is 1. The lowest BCUT2D eigenvalue weighted by Crippen LogP contribution is -2.04. The Morgan fingerprint density at radius 3 is 2.41 bits per heavy atom. The van der Waals surface area contributed by atoms with E-state index in [1.165, 1.54) is 21.3 Å². The van der Waals surface area contributed by atoms with Crippen LogP contribution < -0.4 is 14.2 Å². The zero-order chi connectivity index (χ0) is 19.4. The van der Waals surface area contributed by atoms with E-state index in [1.807, 2.05) is 0 Å². The highest BCUT2D eigenvalue weighted by atomic mass is 16.5. The molecule has 0 atom stereocenters. The highest BCUT2D eigenvalue weighted by Gasteiger charge is 2.18. The average Bonchev–Trinajstić information content (AvgIpc) is 3.14. The van der Waals surface area contributed by atoms with Crippen LogP contribution in [0.15, 0.2) is 34.7 Å². The predicted molar refractivity (Wildman–Crippen MR) is 98.2 cm³/mol. The summed E-state index contributed by atoms with van der Waals surface area (Å²) >= 11 is 0. The Balaban J connectivity index is 2.03. The summed E-state index contributed by atoms with van der Waals surface area (Å²) in [4.78, 5) is 16.4. The van der Waals surface area contributed by atoms with Gasteiger partial charge in [0.05, 0.1) is 26.9 Å². The number of fused-ring (bicyclic) bond motifs is 1. The SMILES string of the molecule is C#CCOC(=O)c1ccc2oc(-c3cc(OC)c(OC)c(OC)c3)nc2c1. The summed E-state index contributed by atoms with van der Waals surface area (Å²) in [6.45, 7) is -0.0909. The van der Waals surface area contributed by atoms with Crippen LogP contribution in [0.5, 0.6) is 17.2 Å². The molecule has 0 aliphatic rings. The lowest BCUT2D eigenvalue weighted by Gasteiger charge is -2.12. The Labute approximate surface area is 155 Å². The molecule has 7 heteroatoms. The van der Waals surface area contributed by atoms with Crippen molar-refractivity contribution in [3.8, 4) is 41.0 Å². The molecular formula is C20H17NO6. The van der Waals surface area contributed by atoms with E-state index in [0.29, 0.717) is 45.4 Å².